The minimum absolute atomic E-state index is 0.283. The molecule has 1 heterocycles. The van der Waals surface area contributed by atoms with Gasteiger partial charge in [-0.15, -0.1) is 0 Å². The van der Waals surface area contributed by atoms with E-state index < -0.39 is 0 Å². The number of nitrogens with zero attached hydrogens (tertiary/aromatic N) is 2. The van der Waals surface area contributed by atoms with Crippen molar-refractivity contribution >= 4 is 0 Å². The zero-order valence-electron chi connectivity index (χ0n) is 9.91. The largest absolute Gasteiger partial charge is 0.314 e. The topological polar surface area (TPSA) is 39.1 Å². The third kappa shape index (κ3) is 2.63. The molecule has 0 radical (unpaired) electrons. The van der Waals surface area contributed by atoms with Gasteiger partial charge in [-0.3, -0.25) is 4.90 Å². The Hall–Kier alpha value is -1.44. The van der Waals surface area contributed by atoms with Crippen molar-refractivity contribution in [2.24, 2.45) is 0 Å². The van der Waals surface area contributed by atoms with Crippen LogP contribution >= 0.6 is 0 Å². The van der Waals surface area contributed by atoms with Crippen LogP contribution in [0.15, 0.2) is 18.2 Å². The predicted molar refractivity (Wildman–Crippen MR) is 63.9 cm³/mol. The number of hydrogen-bond acceptors (Lipinski definition) is 3. The molecule has 0 aromatic heterocycles. The first-order chi connectivity index (χ1) is 8.24. The van der Waals surface area contributed by atoms with Crippen molar-refractivity contribution in [2.75, 3.05) is 19.6 Å². The number of benzene rings is 1. The molecule has 1 aliphatic heterocycles. The van der Waals surface area contributed by atoms with E-state index in [1.807, 2.05) is 6.07 Å². The molecular weight excluding hydrogens is 217 g/mol. The Balaban J connectivity index is 2.09. The second-order valence-electron chi connectivity index (χ2n) is 4.29. The lowest BCUT2D eigenvalue weighted by molar-refractivity contribution is 0.143. The lowest BCUT2D eigenvalue weighted by atomic mass is 10.1. The lowest BCUT2D eigenvalue weighted by Crippen LogP contribution is -2.56. The Bertz CT molecular complexity index is 435. The summed E-state index contributed by atoms with van der Waals surface area (Å²) in [5.41, 5.74) is 1.04. The van der Waals surface area contributed by atoms with Crippen LogP contribution in [0.2, 0.25) is 0 Å². The highest BCUT2D eigenvalue weighted by Crippen LogP contribution is 2.15. The number of hydrogen-bond donors (Lipinski definition) is 1. The minimum Gasteiger partial charge on any atom is -0.314 e. The highest BCUT2D eigenvalue weighted by molar-refractivity contribution is 5.32. The van der Waals surface area contributed by atoms with Gasteiger partial charge < -0.3 is 5.32 Å². The van der Waals surface area contributed by atoms with Crippen LogP contribution in [0.4, 0.5) is 4.39 Å². The van der Waals surface area contributed by atoms with E-state index in [1.54, 1.807) is 12.1 Å². The highest BCUT2D eigenvalue weighted by atomic mass is 19.1. The van der Waals surface area contributed by atoms with E-state index in [0.717, 1.165) is 19.6 Å². The number of rotatable bonds is 4. The Kier molecular flexibility index (Phi) is 3.72. The van der Waals surface area contributed by atoms with Gasteiger partial charge in [0, 0.05) is 31.2 Å². The van der Waals surface area contributed by atoms with E-state index in [-0.39, 0.29) is 5.82 Å². The van der Waals surface area contributed by atoms with Crippen LogP contribution in [0.25, 0.3) is 0 Å². The molecule has 4 heteroatoms. The molecule has 0 amide bonds. The second-order valence-corrected chi connectivity index (χ2v) is 4.29. The van der Waals surface area contributed by atoms with Gasteiger partial charge in [-0.05, 0) is 18.7 Å². The first kappa shape index (κ1) is 12.0. The van der Waals surface area contributed by atoms with E-state index in [0.29, 0.717) is 23.7 Å². The third-order valence-corrected chi connectivity index (χ3v) is 3.24. The van der Waals surface area contributed by atoms with Gasteiger partial charge in [-0.2, -0.15) is 5.26 Å². The van der Waals surface area contributed by atoms with Crippen LogP contribution in [0.5, 0.6) is 0 Å². The van der Waals surface area contributed by atoms with Crippen molar-refractivity contribution in [3.63, 3.8) is 0 Å². The van der Waals surface area contributed by atoms with Crippen molar-refractivity contribution < 1.29 is 4.39 Å². The summed E-state index contributed by atoms with van der Waals surface area (Å²) in [5.74, 6) is -0.283. The van der Waals surface area contributed by atoms with Crippen LogP contribution in [-0.4, -0.2) is 30.6 Å². The standard InChI is InChI=1S/C13H16FN3/c1-2-17(12-7-16-8-12)9-11-4-3-10(6-15)5-13(11)14/h3-5,12,16H,2,7-9H2,1H3. The molecule has 1 aromatic carbocycles. The molecule has 1 N–H and O–H groups in total. The average molecular weight is 233 g/mol. The number of nitriles is 1. The quantitative estimate of drug-likeness (QED) is 0.856. The zero-order chi connectivity index (χ0) is 12.3. The molecule has 1 saturated heterocycles. The molecule has 1 fully saturated rings. The number of likely N-dealkylation sites (N-methyl/N-ethyl adjacent to an activating group) is 1. The summed E-state index contributed by atoms with van der Waals surface area (Å²) in [6, 6.07) is 7.14. The smallest absolute Gasteiger partial charge is 0.129 e. The fourth-order valence-electron chi connectivity index (χ4n) is 1.99. The maximum absolute atomic E-state index is 13.7. The average Bonchev–Trinajstić information content (AvgIpc) is 2.28. The molecule has 0 atom stereocenters. The number of halogens is 1. The van der Waals surface area contributed by atoms with Crippen molar-refractivity contribution in [1.29, 1.82) is 5.26 Å². The van der Waals surface area contributed by atoms with Gasteiger partial charge in [0.05, 0.1) is 11.6 Å². The van der Waals surface area contributed by atoms with Gasteiger partial charge in [0.1, 0.15) is 5.82 Å². The maximum atomic E-state index is 13.7. The van der Waals surface area contributed by atoms with Crippen molar-refractivity contribution in [3.8, 4) is 6.07 Å². The molecule has 0 unspecified atom stereocenters. The first-order valence-corrected chi connectivity index (χ1v) is 5.88. The molecule has 0 bridgehead atoms. The lowest BCUT2D eigenvalue weighted by Gasteiger charge is -2.37. The molecule has 2 rings (SSSR count). The minimum atomic E-state index is -0.283. The fraction of sp³-hybridized carbons (Fsp3) is 0.462. The third-order valence-electron chi connectivity index (χ3n) is 3.24. The Morgan fingerprint density at radius 1 is 1.53 bits per heavy atom. The summed E-state index contributed by atoms with van der Waals surface area (Å²) in [4.78, 5) is 2.25. The molecule has 1 aliphatic rings. The zero-order valence-corrected chi connectivity index (χ0v) is 9.91. The maximum Gasteiger partial charge on any atom is 0.129 e. The van der Waals surface area contributed by atoms with E-state index in [4.69, 9.17) is 5.26 Å². The molecule has 0 saturated carbocycles. The van der Waals surface area contributed by atoms with Gasteiger partial charge in [-0.25, -0.2) is 4.39 Å². The van der Waals surface area contributed by atoms with Gasteiger partial charge in [-0.1, -0.05) is 13.0 Å². The molecule has 0 aliphatic carbocycles. The van der Waals surface area contributed by atoms with Gasteiger partial charge in [0.15, 0.2) is 0 Å². The van der Waals surface area contributed by atoms with Crippen molar-refractivity contribution in [2.45, 2.75) is 19.5 Å². The van der Waals surface area contributed by atoms with E-state index >= 15 is 0 Å². The molecule has 3 nitrogen and oxygen atoms in total. The summed E-state index contributed by atoms with van der Waals surface area (Å²) >= 11 is 0. The van der Waals surface area contributed by atoms with Gasteiger partial charge >= 0.3 is 0 Å². The molecule has 1 aromatic rings. The Labute approximate surface area is 101 Å². The Morgan fingerprint density at radius 2 is 2.29 bits per heavy atom. The number of nitrogens with one attached hydrogen (secondary N) is 1. The summed E-state index contributed by atoms with van der Waals surface area (Å²) in [7, 11) is 0. The van der Waals surface area contributed by atoms with Crippen LogP contribution in [-0.2, 0) is 6.54 Å². The highest BCUT2D eigenvalue weighted by Gasteiger charge is 2.23. The molecule has 0 spiro atoms. The molecular formula is C13H16FN3. The summed E-state index contributed by atoms with van der Waals surface area (Å²) in [6.45, 7) is 5.56. The normalized spacial score (nSPS) is 15.6. The molecule has 90 valence electrons. The summed E-state index contributed by atoms with van der Waals surface area (Å²) in [5, 5.41) is 11.9. The SMILES string of the molecule is CCN(Cc1ccc(C#N)cc1F)C1CNC1. The summed E-state index contributed by atoms with van der Waals surface area (Å²) < 4.78 is 13.7. The Morgan fingerprint density at radius 3 is 2.76 bits per heavy atom. The van der Waals surface area contributed by atoms with Crippen LogP contribution < -0.4 is 5.32 Å². The van der Waals surface area contributed by atoms with Gasteiger partial charge in [0.25, 0.3) is 0 Å². The van der Waals surface area contributed by atoms with Crippen LogP contribution in [0.3, 0.4) is 0 Å². The van der Waals surface area contributed by atoms with Gasteiger partial charge in [0.2, 0.25) is 0 Å². The second kappa shape index (κ2) is 5.26. The van der Waals surface area contributed by atoms with E-state index in [2.05, 4.69) is 17.1 Å². The predicted octanol–water partition coefficient (Wildman–Crippen LogP) is 1.49. The fourth-order valence-corrected chi connectivity index (χ4v) is 1.99. The summed E-state index contributed by atoms with van der Waals surface area (Å²) in [6.07, 6.45) is 0. The van der Waals surface area contributed by atoms with E-state index in [9.17, 15) is 4.39 Å². The van der Waals surface area contributed by atoms with E-state index in [1.165, 1.54) is 6.07 Å². The monoisotopic (exact) mass is 233 g/mol. The van der Waals surface area contributed by atoms with Crippen LogP contribution in [0.1, 0.15) is 18.1 Å². The first-order valence-electron chi connectivity index (χ1n) is 5.88. The molecule has 17 heavy (non-hydrogen) atoms. The van der Waals surface area contributed by atoms with Crippen LogP contribution in [0, 0.1) is 17.1 Å². The van der Waals surface area contributed by atoms with Crippen molar-refractivity contribution in [3.05, 3.63) is 35.1 Å². The van der Waals surface area contributed by atoms with Crippen molar-refractivity contribution in [1.82, 2.24) is 10.2 Å².